The second kappa shape index (κ2) is 6.35. The Morgan fingerprint density at radius 1 is 1.33 bits per heavy atom. The van der Waals surface area contributed by atoms with Crippen LogP contribution in [0.15, 0.2) is 18.2 Å². The summed E-state index contributed by atoms with van der Waals surface area (Å²) in [6.07, 6.45) is 0. The summed E-state index contributed by atoms with van der Waals surface area (Å²) >= 11 is 0. The lowest BCUT2D eigenvalue weighted by Gasteiger charge is -2.31. The number of carbonyl (C=O) groups excluding carboxylic acids is 1. The zero-order chi connectivity index (χ0) is 15.5. The average Bonchev–Trinajstić information content (AvgIpc) is 2.44. The maximum Gasteiger partial charge on any atom is 0.311 e. The highest BCUT2D eigenvalue weighted by molar-refractivity contribution is 5.75. The lowest BCUT2D eigenvalue weighted by molar-refractivity contribution is -0.154. The average molecular weight is 291 g/mol. The fourth-order valence-electron chi connectivity index (χ4n) is 2.30. The van der Waals surface area contributed by atoms with Crippen molar-refractivity contribution in [3.63, 3.8) is 0 Å². The van der Waals surface area contributed by atoms with Crippen LogP contribution >= 0.6 is 0 Å². The van der Waals surface area contributed by atoms with Gasteiger partial charge in [0, 0.05) is 43.1 Å². The molecule has 3 N–H and O–H groups in total. The summed E-state index contributed by atoms with van der Waals surface area (Å²) in [7, 11) is 0. The molecule has 1 aromatic carbocycles. The summed E-state index contributed by atoms with van der Waals surface area (Å²) in [6, 6.07) is 5.81. The van der Waals surface area contributed by atoms with E-state index in [0.29, 0.717) is 5.69 Å². The molecule has 1 aromatic rings. The Hall–Kier alpha value is -1.75. The lowest BCUT2D eigenvalue weighted by Crippen LogP contribution is -2.44. The van der Waals surface area contributed by atoms with Gasteiger partial charge in [-0.2, -0.15) is 0 Å². The molecule has 0 unspecified atom stereocenters. The van der Waals surface area contributed by atoms with Gasteiger partial charge in [0.05, 0.1) is 5.41 Å². The number of benzene rings is 1. The third-order valence-electron chi connectivity index (χ3n) is 3.53. The molecule has 0 bridgehead atoms. The van der Waals surface area contributed by atoms with E-state index in [2.05, 4.69) is 10.2 Å². The molecule has 116 valence electrons. The molecule has 5 nitrogen and oxygen atoms in total. The summed E-state index contributed by atoms with van der Waals surface area (Å²) < 4.78 is 5.44. The lowest BCUT2D eigenvalue weighted by atomic mass is 9.97. The van der Waals surface area contributed by atoms with Crippen LogP contribution in [0.1, 0.15) is 26.3 Å². The van der Waals surface area contributed by atoms with Crippen molar-refractivity contribution in [2.24, 2.45) is 5.41 Å². The Morgan fingerprint density at radius 3 is 2.62 bits per heavy atom. The first kappa shape index (κ1) is 15.6. The molecule has 2 rings (SSSR count). The Labute approximate surface area is 126 Å². The minimum Gasteiger partial charge on any atom is -0.460 e. The van der Waals surface area contributed by atoms with Crippen LogP contribution in [-0.2, 0) is 16.1 Å². The molecule has 1 fully saturated rings. The van der Waals surface area contributed by atoms with Gasteiger partial charge in [0.15, 0.2) is 0 Å². The predicted octanol–water partition coefficient (Wildman–Crippen LogP) is 1.77. The van der Waals surface area contributed by atoms with Crippen LogP contribution in [0.2, 0.25) is 0 Å². The van der Waals surface area contributed by atoms with Crippen LogP contribution in [-0.4, -0.2) is 32.1 Å². The molecule has 0 saturated carbocycles. The Morgan fingerprint density at radius 2 is 2.00 bits per heavy atom. The summed E-state index contributed by atoms with van der Waals surface area (Å²) in [5.41, 5.74) is 8.15. The van der Waals surface area contributed by atoms with E-state index in [9.17, 15) is 4.79 Å². The minimum atomic E-state index is -0.491. The monoisotopic (exact) mass is 291 g/mol. The third kappa shape index (κ3) is 4.11. The molecular weight excluding hydrogens is 266 g/mol. The molecule has 1 aliphatic rings. The number of ether oxygens (including phenoxy) is 1. The highest BCUT2D eigenvalue weighted by Crippen LogP contribution is 2.25. The molecule has 21 heavy (non-hydrogen) atoms. The Bertz CT molecular complexity index is 503. The van der Waals surface area contributed by atoms with E-state index in [0.717, 1.165) is 37.4 Å². The second-order valence-electron chi connectivity index (χ2n) is 6.45. The molecular formula is C16H25N3O2. The molecule has 0 aromatic heterocycles. The second-order valence-corrected chi connectivity index (χ2v) is 6.45. The summed E-state index contributed by atoms with van der Waals surface area (Å²) in [5.74, 6) is -0.198. The van der Waals surface area contributed by atoms with Crippen LogP contribution in [0.4, 0.5) is 11.4 Å². The van der Waals surface area contributed by atoms with E-state index in [1.54, 1.807) is 0 Å². The fraction of sp³-hybridized carbons (Fsp3) is 0.562. The molecule has 0 aliphatic carbocycles. The number of hydrogen-bond acceptors (Lipinski definition) is 5. The number of hydrogen-bond donors (Lipinski definition) is 2. The smallest absolute Gasteiger partial charge is 0.311 e. The van der Waals surface area contributed by atoms with Gasteiger partial charge in [-0.05, 0) is 39.0 Å². The van der Waals surface area contributed by atoms with Gasteiger partial charge in [-0.25, -0.2) is 0 Å². The Kier molecular flexibility index (Phi) is 4.73. The highest BCUT2D eigenvalue weighted by Gasteiger charge is 2.24. The number of nitrogen functional groups attached to an aromatic ring is 1. The molecule has 5 heteroatoms. The quantitative estimate of drug-likeness (QED) is 0.656. The van der Waals surface area contributed by atoms with Gasteiger partial charge in [0.25, 0.3) is 0 Å². The number of esters is 1. The van der Waals surface area contributed by atoms with E-state index in [-0.39, 0.29) is 12.6 Å². The Balaban J connectivity index is 2.13. The van der Waals surface area contributed by atoms with Crippen LogP contribution in [0.3, 0.4) is 0 Å². The number of nitrogens with two attached hydrogens (primary N) is 1. The van der Waals surface area contributed by atoms with Crippen molar-refractivity contribution in [1.29, 1.82) is 0 Å². The van der Waals surface area contributed by atoms with Crippen molar-refractivity contribution < 1.29 is 9.53 Å². The normalized spacial score (nSPS) is 15.9. The van der Waals surface area contributed by atoms with Crippen LogP contribution < -0.4 is 16.0 Å². The van der Waals surface area contributed by atoms with Crippen LogP contribution in [0.25, 0.3) is 0 Å². The van der Waals surface area contributed by atoms with Gasteiger partial charge < -0.3 is 20.7 Å². The van der Waals surface area contributed by atoms with Crippen LogP contribution in [0.5, 0.6) is 0 Å². The maximum atomic E-state index is 11.9. The van der Waals surface area contributed by atoms with Gasteiger partial charge in [-0.15, -0.1) is 0 Å². The summed E-state index contributed by atoms with van der Waals surface area (Å²) in [4.78, 5) is 14.2. The largest absolute Gasteiger partial charge is 0.460 e. The fourth-order valence-corrected chi connectivity index (χ4v) is 2.30. The first-order chi connectivity index (χ1) is 9.88. The van der Waals surface area contributed by atoms with Crippen molar-refractivity contribution in [2.45, 2.75) is 27.4 Å². The van der Waals surface area contributed by atoms with Gasteiger partial charge in [-0.1, -0.05) is 0 Å². The molecule has 0 atom stereocenters. The van der Waals surface area contributed by atoms with E-state index in [1.165, 1.54) is 0 Å². The summed E-state index contributed by atoms with van der Waals surface area (Å²) in [5, 5.41) is 3.33. The number of carbonyl (C=O) groups is 1. The predicted molar refractivity (Wildman–Crippen MR) is 85.2 cm³/mol. The highest BCUT2D eigenvalue weighted by atomic mass is 16.5. The molecule has 0 spiro atoms. The molecule has 0 radical (unpaired) electrons. The minimum absolute atomic E-state index is 0.198. The zero-order valence-electron chi connectivity index (χ0n) is 13.1. The molecule has 0 amide bonds. The molecule has 1 heterocycles. The third-order valence-corrected chi connectivity index (χ3v) is 3.53. The van der Waals surface area contributed by atoms with Crippen molar-refractivity contribution in [2.75, 3.05) is 36.8 Å². The standard InChI is InChI=1S/C16H25N3O2/c1-16(2,3)15(20)21-11-12-10-13(17)4-5-14(12)19-8-6-18-7-9-19/h4-5,10,18H,6-9,11,17H2,1-3H3. The number of piperazine rings is 1. The van der Waals surface area contributed by atoms with E-state index >= 15 is 0 Å². The number of nitrogens with zero attached hydrogens (tertiary/aromatic N) is 1. The van der Waals surface area contributed by atoms with Gasteiger partial charge in [0.2, 0.25) is 0 Å². The van der Waals surface area contributed by atoms with Crippen molar-refractivity contribution in [3.05, 3.63) is 23.8 Å². The number of nitrogens with one attached hydrogen (secondary N) is 1. The molecule has 1 aliphatic heterocycles. The van der Waals surface area contributed by atoms with E-state index in [4.69, 9.17) is 10.5 Å². The number of anilines is 2. The van der Waals surface area contributed by atoms with Gasteiger partial charge >= 0.3 is 5.97 Å². The van der Waals surface area contributed by atoms with Gasteiger partial charge in [-0.3, -0.25) is 4.79 Å². The van der Waals surface area contributed by atoms with Crippen LogP contribution in [0, 0.1) is 5.41 Å². The van der Waals surface area contributed by atoms with E-state index in [1.807, 2.05) is 39.0 Å². The van der Waals surface area contributed by atoms with Crippen molar-refractivity contribution in [1.82, 2.24) is 5.32 Å². The maximum absolute atomic E-state index is 11.9. The topological polar surface area (TPSA) is 67.6 Å². The first-order valence-electron chi connectivity index (χ1n) is 7.39. The van der Waals surface area contributed by atoms with Crippen molar-refractivity contribution >= 4 is 17.3 Å². The summed E-state index contributed by atoms with van der Waals surface area (Å²) in [6.45, 7) is 9.65. The van der Waals surface area contributed by atoms with Gasteiger partial charge in [0.1, 0.15) is 6.61 Å². The first-order valence-corrected chi connectivity index (χ1v) is 7.39. The zero-order valence-corrected chi connectivity index (χ0v) is 13.1. The molecule has 1 saturated heterocycles. The van der Waals surface area contributed by atoms with E-state index < -0.39 is 5.41 Å². The SMILES string of the molecule is CC(C)(C)C(=O)OCc1cc(N)ccc1N1CCNCC1. The number of rotatable bonds is 3. The van der Waals surface area contributed by atoms with Crippen molar-refractivity contribution in [3.8, 4) is 0 Å².